The largest absolute Gasteiger partial charge is 0.471 e. The van der Waals surface area contributed by atoms with Crippen LogP contribution in [0.5, 0.6) is 5.88 Å². The van der Waals surface area contributed by atoms with Crippen molar-refractivity contribution in [3.05, 3.63) is 46.8 Å². The number of aromatic nitrogens is 2. The number of halogens is 3. The van der Waals surface area contributed by atoms with Gasteiger partial charge in [-0.25, -0.2) is 17.9 Å². The third-order valence-electron chi connectivity index (χ3n) is 11.3. The summed E-state index contributed by atoms with van der Waals surface area (Å²) in [6, 6.07) is 3.80. The lowest BCUT2D eigenvalue weighted by Gasteiger charge is -2.34. The van der Waals surface area contributed by atoms with Crippen LogP contribution in [0, 0.1) is 17.8 Å². The Hall–Kier alpha value is -4.68. The van der Waals surface area contributed by atoms with Crippen LogP contribution in [0.3, 0.4) is 0 Å². The summed E-state index contributed by atoms with van der Waals surface area (Å²) in [6.45, 7) is 6.62. The van der Waals surface area contributed by atoms with Crippen LogP contribution in [-0.2, 0) is 35.7 Å². The van der Waals surface area contributed by atoms with Crippen molar-refractivity contribution in [2.75, 3.05) is 6.54 Å². The number of carbonyl (C=O) groups is 4. The summed E-state index contributed by atoms with van der Waals surface area (Å²) in [5, 5.41) is 9.50. The minimum Gasteiger partial charge on any atom is -0.471 e. The predicted molar refractivity (Wildman–Crippen MR) is 200 cm³/mol. The molecule has 0 bridgehead atoms. The molecule has 7 atom stereocenters. The monoisotopic (exact) mass is 822 g/mol. The van der Waals surface area contributed by atoms with Crippen molar-refractivity contribution < 1.29 is 50.2 Å². The number of aryl methyl sites for hydroxylation is 1. The number of ether oxygens (including phenoxy) is 2. The Morgan fingerprint density at radius 2 is 1.74 bits per heavy atom. The Balaban J connectivity index is 1.37. The van der Waals surface area contributed by atoms with Gasteiger partial charge in [-0.1, -0.05) is 38.1 Å². The number of carbonyl (C=O) groups excluding carboxylic acids is 4. The lowest BCUT2D eigenvalue weighted by molar-refractivity contribution is -0.244. The van der Waals surface area contributed by atoms with Crippen LogP contribution in [0.1, 0.15) is 79.6 Å². The second-order valence-corrected chi connectivity index (χ2v) is 18.2. The number of nitrogens with one attached hydrogen (secondary N) is 3. The van der Waals surface area contributed by atoms with E-state index >= 15 is 0 Å². The topological polar surface area (TPSA) is 195 Å². The average molecular weight is 823 g/mol. The van der Waals surface area contributed by atoms with Gasteiger partial charge in [0.15, 0.2) is 0 Å². The standard InChI is InChI=1S/C38H49F3N6O9S/c1-6-47-32(49)27-14-10-9-13-26(27)31(44-47)55-24-18-28-30(48)43-37(34(51)45-57(53,54)25-15-16-25)19-23(37)12-8-7-11-21(2)17-22(3)29(33(50)46(28)20-24)42-35(52)56-36(4,5)38(39,40)41/h8-10,12-14,21-25,28-29H,6-7,11,15-20H2,1-5H3,(H,42,52)(H,43,48)(H,45,51). The highest BCUT2D eigenvalue weighted by Gasteiger charge is 2.62. The van der Waals surface area contributed by atoms with Crippen molar-refractivity contribution in [3.63, 3.8) is 0 Å². The third kappa shape index (κ3) is 8.77. The molecule has 1 aromatic heterocycles. The van der Waals surface area contributed by atoms with E-state index in [4.69, 9.17) is 9.47 Å². The molecule has 57 heavy (non-hydrogen) atoms. The Labute approximate surface area is 328 Å². The smallest absolute Gasteiger partial charge is 0.427 e. The number of alkyl halides is 3. The summed E-state index contributed by atoms with van der Waals surface area (Å²) >= 11 is 0. The predicted octanol–water partition coefficient (Wildman–Crippen LogP) is 3.70. The van der Waals surface area contributed by atoms with Crippen molar-refractivity contribution >= 4 is 44.6 Å². The maximum absolute atomic E-state index is 14.7. The van der Waals surface area contributed by atoms with E-state index < -0.39 is 86.4 Å². The number of fused-ring (bicyclic) bond motifs is 3. The Morgan fingerprint density at radius 1 is 1.05 bits per heavy atom. The molecule has 6 rings (SSSR count). The zero-order valence-electron chi connectivity index (χ0n) is 32.4. The molecule has 4 amide bonds. The summed E-state index contributed by atoms with van der Waals surface area (Å²) in [5.41, 5.74) is -4.90. The molecule has 3 fully saturated rings. The first-order valence-corrected chi connectivity index (χ1v) is 20.8. The van der Waals surface area contributed by atoms with Gasteiger partial charge in [-0.3, -0.25) is 23.9 Å². The lowest BCUT2D eigenvalue weighted by atomic mass is 9.88. The molecule has 4 aliphatic rings. The van der Waals surface area contributed by atoms with E-state index in [9.17, 15) is 45.6 Å². The molecule has 7 unspecified atom stereocenters. The van der Waals surface area contributed by atoms with Gasteiger partial charge in [0.05, 0.1) is 22.6 Å². The highest BCUT2D eigenvalue weighted by Crippen LogP contribution is 2.46. The fourth-order valence-corrected chi connectivity index (χ4v) is 8.97. The van der Waals surface area contributed by atoms with Crippen molar-refractivity contribution in [1.29, 1.82) is 0 Å². The van der Waals surface area contributed by atoms with E-state index in [0.29, 0.717) is 56.7 Å². The first kappa shape index (κ1) is 41.9. The minimum absolute atomic E-state index is 0.0516. The summed E-state index contributed by atoms with van der Waals surface area (Å²) in [6.07, 6.45) is -1.53. The SMILES string of the molecule is CCn1nc(OC2CC3C(=O)NC4(C(=O)NS(=O)(=O)C5CC5)CC4C=CCCC(C)CC(C)C(NC(=O)OC(C)(C)C(F)(F)F)C(=O)N3C2)c2ccccc2c1=O. The maximum atomic E-state index is 14.7. The number of nitrogens with zero attached hydrogens (tertiary/aromatic N) is 3. The second-order valence-electron chi connectivity index (χ2n) is 16.2. The zero-order valence-corrected chi connectivity index (χ0v) is 33.2. The van der Waals surface area contributed by atoms with E-state index in [-0.39, 0.29) is 43.3 Å². The second kappa shape index (κ2) is 15.6. The van der Waals surface area contributed by atoms with Gasteiger partial charge in [0.25, 0.3) is 11.5 Å². The molecule has 19 heteroatoms. The molecule has 1 aromatic carbocycles. The van der Waals surface area contributed by atoms with Gasteiger partial charge in [0.1, 0.15) is 23.7 Å². The van der Waals surface area contributed by atoms with Gasteiger partial charge in [0, 0.05) is 18.9 Å². The molecule has 3 N–H and O–H groups in total. The van der Waals surface area contributed by atoms with Crippen molar-refractivity contribution in [1.82, 2.24) is 30.0 Å². The van der Waals surface area contributed by atoms with E-state index in [2.05, 4.69) is 20.5 Å². The fraction of sp³-hybridized carbons (Fsp3) is 0.632. The van der Waals surface area contributed by atoms with Crippen LogP contribution < -0.4 is 25.7 Å². The van der Waals surface area contributed by atoms with Crippen molar-refractivity contribution in [2.24, 2.45) is 17.8 Å². The Bertz CT molecular complexity index is 2120. The molecule has 0 spiro atoms. The van der Waals surface area contributed by atoms with E-state index in [1.54, 1.807) is 44.2 Å². The first-order chi connectivity index (χ1) is 26.7. The number of amides is 4. The Kier molecular flexibility index (Phi) is 11.5. The van der Waals surface area contributed by atoms with Gasteiger partial charge < -0.3 is 25.0 Å². The molecule has 15 nitrogen and oxygen atoms in total. The summed E-state index contributed by atoms with van der Waals surface area (Å²) < 4.78 is 81.4. The van der Waals surface area contributed by atoms with Gasteiger partial charge in [-0.2, -0.15) is 13.2 Å². The van der Waals surface area contributed by atoms with E-state index in [1.807, 2.05) is 13.0 Å². The molecule has 0 radical (unpaired) electrons. The lowest BCUT2D eigenvalue weighted by Crippen LogP contribution is -2.59. The number of benzene rings is 1. The Morgan fingerprint density at radius 3 is 2.39 bits per heavy atom. The zero-order chi connectivity index (χ0) is 41.7. The van der Waals surface area contributed by atoms with E-state index in [0.717, 1.165) is 4.90 Å². The van der Waals surface area contributed by atoms with Crippen LogP contribution in [0.25, 0.3) is 10.8 Å². The fourth-order valence-electron chi connectivity index (χ4n) is 7.61. The van der Waals surface area contributed by atoms with Crippen molar-refractivity contribution in [2.45, 2.75) is 127 Å². The molecule has 3 heterocycles. The quantitative estimate of drug-likeness (QED) is 0.331. The third-order valence-corrected chi connectivity index (χ3v) is 13.2. The molecule has 312 valence electrons. The number of hydrogen-bond acceptors (Lipinski definition) is 10. The maximum Gasteiger partial charge on any atom is 0.427 e. The molecule has 1 saturated heterocycles. The van der Waals surface area contributed by atoms with Crippen LogP contribution in [0.15, 0.2) is 41.2 Å². The summed E-state index contributed by atoms with van der Waals surface area (Å²) in [4.78, 5) is 70.2. The van der Waals surface area contributed by atoms with Crippen molar-refractivity contribution in [3.8, 4) is 5.88 Å². The van der Waals surface area contributed by atoms with Crippen LogP contribution in [-0.4, -0.2) is 94.2 Å². The van der Waals surface area contributed by atoms with Gasteiger partial charge in [-0.05, 0) is 83.3 Å². The van der Waals surface area contributed by atoms with Gasteiger partial charge in [0.2, 0.25) is 33.3 Å². The number of sulfonamides is 1. The average Bonchev–Trinajstić information content (AvgIpc) is 4.06. The molecular weight excluding hydrogens is 774 g/mol. The highest BCUT2D eigenvalue weighted by molar-refractivity contribution is 7.91. The molecular formula is C38H49F3N6O9S. The first-order valence-electron chi connectivity index (χ1n) is 19.3. The molecule has 2 aliphatic heterocycles. The molecule has 2 saturated carbocycles. The number of alkyl carbamates (subject to hydrolysis) is 1. The number of hydrogen-bond donors (Lipinski definition) is 3. The van der Waals surface area contributed by atoms with Crippen LogP contribution in [0.4, 0.5) is 18.0 Å². The van der Waals surface area contributed by atoms with Crippen LogP contribution in [0.2, 0.25) is 0 Å². The normalized spacial score (nSPS) is 28.7. The minimum atomic E-state index is -4.92. The molecule has 2 aliphatic carbocycles. The van der Waals surface area contributed by atoms with Gasteiger partial charge in [-0.15, -0.1) is 5.10 Å². The van der Waals surface area contributed by atoms with Gasteiger partial charge >= 0.3 is 12.3 Å². The number of allylic oxidation sites excluding steroid dienone is 1. The van der Waals surface area contributed by atoms with E-state index in [1.165, 1.54) is 4.68 Å². The van der Waals surface area contributed by atoms with Crippen LogP contribution >= 0.6 is 0 Å². The highest BCUT2D eigenvalue weighted by atomic mass is 32.2. The molecule has 2 aromatic rings. The number of rotatable bonds is 8. The summed E-state index contributed by atoms with van der Waals surface area (Å²) in [5.74, 6) is -3.74. The summed E-state index contributed by atoms with van der Waals surface area (Å²) in [7, 11) is -3.99.